The second-order valence-electron chi connectivity index (χ2n) is 11.9. The van der Waals surface area contributed by atoms with Gasteiger partial charge < -0.3 is 25.0 Å². The van der Waals surface area contributed by atoms with E-state index < -0.39 is 11.4 Å². The molecule has 0 amide bonds. The van der Waals surface area contributed by atoms with E-state index >= 15 is 0 Å². The smallest absolute Gasteiger partial charge is 0.309 e. The monoisotopic (exact) mass is 575 g/mol. The maximum atomic E-state index is 11.5. The van der Waals surface area contributed by atoms with Crippen LogP contribution in [-0.2, 0) is 9.53 Å². The van der Waals surface area contributed by atoms with E-state index in [1.165, 1.54) is 12.8 Å². The molecule has 3 fully saturated rings. The van der Waals surface area contributed by atoms with Gasteiger partial charge in [0.25, 0.3) is 0 Å². The zero-order chi connectivity index (χ0) is 27.9. The summed E-state index contributed by atoms with van der Waals surface area (Å²) in [6.45, 7) is 9.94. The van der Waals surface area contributed by atoms with Gasteiger partial charge in [0.05, 0.1) is 17.6 Å². The van der Waals surface area contributed by atoms with Crippen LogP contribution in [0.5, 0.6) is 0 Å². The van der Waals surface area contributed by atoms with Crippen LogP contribution in [-0.4, -0.2) is 65.3 Å². The van der Waals surface area contributed by atoms with Crippen molar-refractivity contribution in [3.05, 3.63) is 45.6 Å². The van der Waals surface area contributed by atoms with Crippen molar-refractivity contribution in [1.82, 2.24) is 14.9 Å². The number of likely N-dealkylation sites (tertiary alicyclic amines) is 1. The van der Waals surface area contributed by atoms with Crippen LogP contribution in [0.25, 0.3) is 0 Å². The van der Waals surface area contributed by atoms with Crippen LogP contribution in [0.3, 0.4) is 0 Å². The highest BCUT2D eigenvalue weighted by Crippen LogP contribution is 2.45. The topological polar surface area (TPSA) is 90.8 Å². The van der Waals surface area contributed by atoms with Crippen molar-refractivity contribution < 1.29 is 14.6 Å². The van der Waals surface area contributed by atoms with Crippen LogP contribution in [0.4, 0.5) is 11.8 Å². The Morgan fingerprint density at radius 3 is 2.59 bits per heavy atom. The number of nitrogens with zero attached hydrogens (tertiary/aromatic N) is 4. The Bertz CT molecular complexity index is 1200. The number of anilines is 2. The fraction of sp³-hybridized carbons (Fsp3) is 0.621. The number of aliphatic carboxylic acids is 1. The summed E-state index contributed by atoms with van der Waals surface area (Å²) in [5.41, 5.74) is 1.29. The third-order valence-corrected chi connectivity index (χ3v) is 9.69. The molecule has 10 heteroatoms. The minimum absolute atomic E-state index is 0.0906. The van der Waals surface area contributed by atoms with E-state index in [9.17, 15) is 9.90 Å². The molecule has 2 aliphatic heterocycles. The lowest BCUT2D eigenvalue weighted by Gasteiger charge is -2.52. The van der Waals surface area contributed by atoms with Gasteiger partial charge >= 0.3 is 5.97 Å². The van der Waals surface area contributed by atoms with Crippen LogP contribution in [0, 0.1) is 17.3 Å². The molecule has 2 aromatic rings. The fourth-order valence-corrected chi connectivity index (χ4v) is 6.93. The Hall–Kier alpha value is -2.13. The third kappa shape index (κ3) is 5.85. The maximum Gasteiger partial charge on any atom is 0.309 e. The molecule has 0 spiro atoms. The molecule has 212 valence electrons. The summed E-state index contributed by atoms with van der Waals surface area (Å²) in [5, 5.41) is 14.2. The third-order valence-electron chi connectivity index (χ3n) is 9.13. The minimum Gasteiger partial charge on any atom is -0.481 e. The van der Waals surface area contributed by atoms with Crippen LogP contribution in [0.1, 0.15) is 69.7 Å². The van der Waals surface area contributed by atoms with E-state index in [2.05, 4.69) is 15.1 Å². The minimum atomic E-state index is -0.660. The first kappa shape index (κ1) is 28.4. The van der Waals surface area contributed by atoms with Gasteiger partial charge in [-0.3, -0.25) is 4.79 Å². The number of aromatic nitrogens is 2. The Balaban J connectivity index is 1.23. The quantitative estimate of drug-likeness (QED) is 0.372. The van der Waals surface area contributed by atoms with E-state index in [1.807, 2.05) is 39.1 Å². The molecule has 2 saturated heterocycles. The number of hydrogen-bond acceptors (Lipinski definition) is 7. The lowest BCUT2D eigenvalue weighted by atomic mass is 9.65. The lowest BCUT2D eigenvalue weighted by Crippen LogP contribution is -2.58. The molecule has 1 aromatic carbocycles. The summed E-state index contributed by atoms with van der Waals surface area (Å²) in [6, 6.07) is 5.85. The van der Waals surface area contributed by atoms with Gasteiger partial charge in [-0.05, 0) is 82.5 Å². The Morgan fingerprint density at radius 1 is 1.18 bits per heavy atom. The SMILES string of the molecule is COC(C)c1cnc(N2CC([C@H]3CCCN(C4CC(C)(C(=O)O)C4)C3)C2)nc1NC(C)c1ccc(Cl)cc1Cl. The van der Waals surface area contributed by atoms with E-state index in [-0.39, 0.29) is 12.1 Å². The Kier molecular flexibility index (Phi) is 8.30. The molecular weight excluding hydrogens is 537 g/mol. The van der Waals surface area contributed by atoms with E-state index in [0.717, 1.165) is 61.9 Å². The van der Waals surface area contributed by atoms with E-state index in [1.54, 1.807) is 13.2 Å². The normalized spacial score (nSPS) is 27.4. The first-order valence-electron chi connectivity index (χ1n) is 13.9. The highest BCUT2D eigenvalue weighted by atomic mass is 35.5. The van der Waals surface area contributed by atoms with Gasteiger partial charge in [-0.2, -0.15) is 4.98 Å². The number of carboxylic acids is 1. The van der Waals surface area contributed by atoms with Crippen molar-refractivity contribution in [2.45, 2.75) is 64.6 Å². The van der Waals surface area contributed by atoms with E-state index in [0.29, 0.717) is 27.9 Å². The zero-order valence-corrected chi connectivity index (χ0v) is 24.7. The molecule has 1 aliphatic carbocycles. The van der Waals surface area contributed by atoms with Crippen LogP contribution < -0.4 is 10.2 Å². The first-order chi connectivity index (χ1) is 18.6. The van der Waals surface area contributed by atoms with Crippen molar-refractivity contribution in [3.63, 3.8) is 0 Å². The number of benzene rings is 1. The molecule has 3 heterocycles. The van der Waals surface area contributed by atoms with Gasteiger partial charge in [-0.15, -0.1) is 0 Å². The molecule has 39 heavy (non-hydrogen) atoms. The van der Waals surface area contributed by atoms with Crippen LogP contribution in [0.15, 0.2) is 24.4 Å². The van der Waals surface area contributed by atoms with E-state index in [4.69, 9.17) is 37.9 Å². The number of piperidine rings is 1. The maximum absolute atomic E-state index is 11.5. The molecule has 2 N–H and O–H groups in total. The van der Waals surface area contributed by atoms with Crippen molar-refractivity contribution >= 4 is 40.9 Å². The summed E-state index contributed by atoms with van der Waals surface area (Å²) >= 11 is 12.6. The van der Waals surface area contributed by atoms with Crippen molar-refractivity contribution in [2.24, 2.45) is 17.3 Å². The number of nitrogens with one attached hydrogen (secondary N) is 1. The molecule has 8 nitrogen and oxygen atoms in total. The second kappa shape index (κ2) is 11.4. The zero-order valence-electron chi connectivity index (χ0n) is 23.2. The standard InChI is InChI=1S/C29H39Cl2N5O3/c1-17(23-8-7-21(30)10-25(23)31)33-26-24(18(2)39-4)13-32-28(34-26)36-15-20(16-36)19-6-5-9-35(14-19)22-11-29(3,12-22)27(37)38/h7-8,10,13,17-20,22H,5-6,9,11-12,14-16H2,1-4H3,(H,37,38)(H,32,33,34)/t17?,18?,19-,22?,29?/m0/s1. The highest BCUT2D eigenvalue weighted by molar-refractivity contribution is 6.35. The average Bonchev–Trinajstić information content (AvgIpc) is 2.85. The Labute approximate surface area is 241 Å². The molecule has 1 saturated carbocycles. The summed E-state index contributed by atoms with van der Waals surface area (Å²) in [4.78, 5) is 26.0. The molecule has 5 rings (SSSR count). The molecule has 0 bridgehead atoms. The molecule has 3 atom stereocenters. The number of methoxy groups -OCH3 is 1. The van der Waals surface area contributed by atoms with Gasteiger partial charge in [0.2, 0.25) is 5.95 Å². The van der Waals surface area contributed by atoms with Gasteiger partial charge in [0.15, 0.2) is 0 Å². The van der Waals surface area contributed by atoms with Gasteiger partial charge in [-0.25, -0.2) is 4.98 Å². The molecule has 3 aliphatic rings. The molecular formula is C29H39Cl2N5O3. The van der Waals surface area contributed by atoms with Crippen molar-refractivity contribution in [2.75, 3.05) is 43.5 Å². The number of rotatable bonds is 9. The summed E-state index contributed by atoms with van der Waals surface area (Å²) < 4.78 is 5.60. The van der Waals surface area contributed by atoms with Crippen LogP contribution in [0.2, 0.25) is 10.0 Å². The molecule has 0 radical (unpaired) electrons. The first-order valence-corrected chi connectivity index (χ1v) is 14.7. The van der Waals surface area contributed by atoms with Gasteiger partial charge in [0.1, 0.15) is 5.82 Å². The number of halogens is 2. The number of carbonyl (C=O) groups is 1. The number of hydrogen-bond donors (Lipinski definition) is 2. The molecule has 2 unspecified atom stereocenters. The average molecular weight is 577 g/mol. The number of ether oxygens (including phenoxy) is 1. The largest absolute Gasteiger partial charge is 0.481 e. The highest BCUT2D eigenvalue weighted by Gasteiger charge is 2.49. The van der Waals surface area contributed by atoms with Gasteiger partial charge in [-0.1, -0.05) is 29.3 Å². The summed E-state index contributed by atoms with van der Waals surface area (Å²) in [5.74, 6) is 2.03. The summed E-state index contributed by atoms with van der Waals surface area (Å²) in [6.07, 6.45) is 5.64. The molecule has 1 aromatic heterocycles. The second-order valence-corrected chi connectivity index (χ2v) is 12.7. The predicted octanol–water partition coefficient (Wildman–Crippen LogP) is 6.07. The lowest BCUT2D eigenvalue weighted by molar-refractivity contribution is -0.158. The summed E-state index contributed by atoms with van der Waals surface area (Å²) in [7, 11) is 1.68. The van der Waals surface area contributed by atoms with Gasteiger partial charge in [0, 0.05) is 54.6 Å². The predicted molar refractivity (Wildman–Crippen MR) is 155 cm³/mol. The fourth-order valence-electron chi connectivity index (χ4n) is 6.35. The number of carboxylic acid groups (broad SMARTS) is 1. The van der Waals surface area contributed by atoms with Crippen LogP contribution >= 0.6 is 23.2 Å². The Morgan fingerprint density at radius 2 is 1.92 bits per heavy atom. The van der Waals surface area contributed by atoms with Crippen molar-refractivity contribution in [1.29, 1.82) is 0 Å². The van der Waals surface area contributed by atoms with Crippen molar-refractivity contribution in [3.8, 4) is 0 Å².